The lowest BCUT2D eigenvalue weighted by Gasteiger charge is -2.15. The van der Waals surface area contributed by atoms with Crippen LogP contribution in [0.4, 0.5) is 13.2 Å². The minimum Gasteiger partial charge on any atom is -0.381 e. The van der Waals surface area contributed by atoms with E-state index in [2.05, 4.69) is 12.2 Å². The summed E-state index contributed by atoms with van der Waals surface area (Å²) in [4.78, 5) is 0. The van der Waals surface area contributed by atoms with Crippen LogP contribution in [0.15, 0.2) is 0 Å². The summed E-state index contributed by atoms with van der Waals surface area (Å²) >= 11 is 0. The van der Waals surface area contributed by atoms with E-state index in [0.717, 1.165) is 25.8 Å². The van der Waals surface area contributed by atoms with Crippen molar-refractivity contribution >= 4 is 0 Å². The molecule has 1 N–H and O–H groups in total. The number of hydrogen-bond acceptors (Lipinski definition) is 2. The minimum absolute atomic E-state index is 0.221. The van der Waals surface area contributed by atoms with Crippen LogP contribution in [0, 0.1) is 0 Å². The molecule has 0 saturated carbocycles. The molecule has 0 aliphatic carbocycles. The van der Waals surface area contributed by atoms with Crippen LogP contribution in [0.1, 0.15) is 39.5 Å². The van der Waals surface area contributed by atoms with Gasteiger partial charge in [0.25, 0.3) is 0 Å². The molecule has 0 bridgehead atoms. The fourth-order valence-corrected chi connectivity index (χ4v) is 1.46. The first-order valence-electron chi connectivity index (χ1n) is 5.87. The molecule has 0 heterocycles. The highest BCUT2D eigenvalue weighted by atomic mass is 19.4. The zero-order valence-corrected chi connectivity index (χ0v) is 10.1. The summed E-state index contributed by atoms with van der Waals surface area (Å²) in [5.74, 6) is 0. The Morgan fingerprint density at radius 3 is 2.38 bits per heavy atom. The maximum absolute atomic E-state index is 11.8. The molecule has 0 rings (SSSR count). The summed E-state index contributed by atoms with van der Waals surface area (Å²) in [5.41, 5.74) is 0. The predicted molar refractivity (Wildman–Crippen MR) is 58.5 cm³/mol. The summed E-state index contributed by atoms with van der Waals surface area (Å²) < 4.78 is 40.2. The Balaban J connectivity index is 3.32. The normalized spacial score (nSPS) is 14.1. The van der Waals surface area contributed by atoms with Crippen LogP contribution in [0.3, 0.4) is 0 Å². The molecule has 0 fully saturated rings. The van der Waals surface area contributed by atoms with Gasteiger partial charge in [-0.05, 0) is 25.8 Å². The van der Waals surface area contributed by atoms with Crippen LogP contribution in [-0.2, 0) is 4.74 Å². The van der Waals surface area contributed by atoms with Gasteiger partial charge in [-0.3, -0.25) is 0 Å². The highest BCUT2D eigenvalue weighted by Crippen LogP contribution is 2.19. The summed E-state index contributed by atoms with van der Waals surface area (Å²) in [6.07, 6.45) is -2.15. The lowest BCUT2D eigenvalue weighted by Crippen LogP contribution is -2.28. The molecular formula is C11H22F3NO. The zero-order chi connectivity index (χ0) is 12.4. The van der Waals surface area contributed by atoms with E-state index in [1.54, 1.807) is 0 Å². The Morgan fingerprint density at radius 2 is 1.88 bits per heavy atom. The topological polar surface area (TPSA) is 21.3 Å². The Morgan fingerprint density at radius 1 is 1.19 bits per heavy atom. The van der Waals surface area contributed by atoms with Crippen molar-refractivity contribution in [2.75, 3.05) is 19.8 Å². The molecule has 2 nitrogen and oxygen atoms in total. The third-order valence-electron chi connectivity index (χ3n) is 2.36. The smallest absolute Gasteiger partial charge is 0.381 e. The largest absolute Gasteiger partial charge is 0.391 e. The average molecular weight is 241 g/mol. The summed E-state index contributed by atoms with van der Waals surface area (Å²) in [7, 11) is 0. The molecule has 1 unspecified atom stereocenters. The van der Waals surface area contributed by atoms with E-state index in [4.69, 9.17) is 4.74 Å². The maximum Gasteiger partial charge on any atom is 0.391 e. The van der Waals surface area contributed by atoms with Gasteiger partial charge >= 0.3 is 6.18 Å². The lowest BCUT2D eigenvalue weighted by molar-refractivity contribution is -0.145. The van der Waals surface area contributed by atoms with Gasteiger partial charge in [-0.15, -0.1) is 0 Å². The standard InChI is InChI=1S/C11H22F3NO/c1-3-10(15-4-2)6-5-8-16-9-7-11(12,13)14/h10,15H,3-9H2,1-2H3. The van der Waals surface area contributed by atoms with Crippen molar-refractivity contribution in [1.29, 1.82) is 0 Å². The van der Waals surface area contributed by atoms with E-state index in [1.807, 2.05) is 6.92 Å². The van der Waals surface area contributed by atoms with Crippen LogP contribution < -0.4 is 5.32 Å². The second-order valence-electron chi connectivity index (χ2n) is 3.78. The second kappa shape index (κ2) is 8.82. The molecule has 16 heavy (non-hydrogen) atoms. The highest BCUT2D eigenvalue weighted by Gasteiger charge is 2.26. The summed E-state index contributed by atoms with van der Waals surface area (Å²) in [6, 6.07) is 0.455. The third-order valence-corrected chi connectivity index (χ3v) is 2.36. The van der Waals surface area contributed by atoms with Crippen LogP contribution in [0.2, 0.25) is 0 Å². The Kier molecular flexibility index (Phi) is 8.66. The van der Waals surface area contributed by atoms with Crippen molar-refractivity contribution in [2.45, 2.75) is 51.7 Å². The summed E-state index contributed by atoms with van der Waals surface area (Å²) in [5, 5.41) is 3.31. The highest BCUT2D eigenvalue weighted by molar-refractivity contribution is 4.63. The molecule has 0 aromatic carbocycles. The van der Waals surface area contributed by atoms with Crippen LogP contribution >= 0.6 is 0 Å². The molecule has 0 aromatic heterocycles. The van der Waals surface area contributed by atoms with Crippen LogP contribution in [-0.4, -0.2) is 32.0 Å². The van der Waals surface area contributed by atoms with Gasteiger partial charge in [0.2, 0.25) is 0 Å². The number of ether oxygens (including phenoxy) is 1. The molecule has 0 saturated heterocycles. The fraction of sp³-hybridized carbons (Fsp3) is 1.00. The van der Waals surface area contributed by atoms with E-state index in [9.17, 15) is 13.2 Å². The van der Waals surface area contributed by atoms with Crippen molar-refractivity contribution < 1.29 is 17.9 Å². The van der Waals surface area contributed by atoms with Crippen molar-refractivity contribution in [3.63, 3.8) is 0 Å². The van der Waals surface area contributed by atoms with Crippen molar-refractivity contribution in [3.05, 3.63) is 0 Å². The quantitative estimate of drug-likeness (QED) is 0.626. The number of hydrogen-bond donors (Lipinski definition) is 1. The van der Waals surface area contributed by atoms with E-state index in [0.29, 0.717) is 12.6 Å². The first-order chi connectivity index (χ1) is 7.49. The van der Waals surface area contributed by atoms with Gasteiger partial charge in [0.05, 0.1) is 13.0 Å². The van der Waals surface area contributed by atoms with Gasteiger partial charge in [-0.1, -0.05) is 13.8 Å². The van der Waals surface area contributed by atoms with E-state index in [-0.39, 0.29) is 6.61 Å². The van der Waals surface area contributed by atoms with Gasteiger partial charge in [0, 0.05) is 12.6 Å². The summed E-state index contributed by atoms with van der Waals surface area (Å²) in [6.45, 7) is 5.26. The molecule has 98 valence electrons. The Labute approximate surface area is 95.5 Å². The maximum atomic E-state index is 11.8. The van der Waals surface area contributed by atoms with Gasteiger partial charge in [-0.25, -0.2) is 0 Å². The van der Waals surface area contributed by atoms with Gasteiger partial charge in [0.1, 0.15) is 0 Å². The lowest BCUT2D eigenvalue weighted by atomic mass is 10.1. The number of nitrogens with one attached hydrogen (secondary N) is 1. The number of rotatable bonds is 9. The van der Waals surface area contributed by atoms with Gasteiger partial charge < -0.3 is 10.1 Å². The molecular weight excluding hydrogens is 219 g/mol. The molecule has 5 heteroatoms. The van der Waals surface area contributed by atoms with E-state index < -0.39 is 12.6 Å². The van der Waals surface area contributed by atoms with E-state index in [1.165, 1.54) is 0 Å². The molecule has 0 aromatic rings. The molecule has 0 aliphatic heterocycles. The molecule has 0 spiro atoms. The Hall–Kier alpha value is -0.290. The van der Waals surface area contributed by atoms with Crippen LogP contribution in [0.5, 0.6) is 0 Å². The molecule has 0 radical (unpaired) electrons. The predicted octanol–water partition coefficient (Wildman–Crippen LogP) is 3.12. The van der Waals surface area contributed by atoms with Crippen molar-refractivity contribution in [2.24, 2.45) is 0 Å². The fourth-order valence-electron chi connectivity index (χ4n) is 1.46. The molecule has 0 amide bonds. The monoisotopic (exact) mass is 241 g/mol. The van der Waals surface area contributed by atoms with E-state index >= 15 is 0 Å². The second-order valence-corrected chi connectivity index (χ2v) is 3.78. The van der Waals surface area contributed by atoms with Gasteiger partial charge in [0.15, 0.2) is 0 Å². The van der Waals surface area contributed by atoms with Gasteiger partial charge in [-0.2, -0.15) is 13.2 Å². The van der Waals surface area contributed by atoms with Crippen LogP contribution in [0.25, 0.3) is 0 Å². The first kappa shape index (κ1) is 15.7. The zero-order valence-electron chi connectivity index (χ0n) is 10.1. The molecule has 0 aliphatic rings. The van der Waals surface area contributed by atoms with Crippen molar-refractivity contribution in [3.8, 4) is 0 Å². The Bertz CT molecular complexity index is 162. The first-order valence-corrected chi connectivity index (χ1v) is 5.87. The SMILES string of the molecule is CCNC(CC)CCCOCCC(F)(F)F. The number of alkyl halides is 3. The third kappa shape index (κ3) is 10.2. The molecule has 1 atom stereocenters. The van der Waals surface area contributed by atoms with Crippen molar-refractivity contribution in [1.82, 2.24) is 5.32 Å². The average Bonchev–Trinajstić information content (AvgIpc) is 2.20. The minimum atomic E-state index is -4.10. The number of halogens is 3.